The van der Waals surface area contributed by atoms with E-state index in [2.05, 4.69) is 0 Å². The third kappa shape index (κ3) is 4.87. The summed E-state index contributed by atoms with van der Waals surface area (Å²) in [5.74, 6) is -1.57. The van der Waals surface area contributed by atoms with Gasteiger partial charge in [-0.3, -0.25) is 14.4 Å². The lowest BCUT2D eigenvalue weighted by molar-refractivity contribution is -0.139. The molecule has 1 unspecified atom stereocenters. The summed E-state index contributed by atoms with van der Waals surface area (Å²) in [6.45, 7) is 3.60. The van der Waals surface area contributed by atoms with Crippen LogP contribution in [0.15, 0.2) is 42.0 Å². The number of benzene rings is 2. The summed E-state index contributed by atoms with van der Waals surface area (Å²) in [5, 5.41) is 11.6. The topological polar surface area (TPSA) is 102 Å². The molecule has 1 fully saturated rings. The molecule has 1 amide bonds. The van der Waals surface area contributed by atoms with Crippen molar-refractivity contribution in [3.63, 3.8) is 0 Å². The fourth-order valence-electron chi connectivity index (χ4n) is 3.86. The second-order valence-corrected chi connectivity index (χ2v) is 8.10. The molecule has 0 spiro atoms. The number of unbranched alkanes of at least 4 members (excludes halogenated alkanes) is 1. The van der Waals surface area contributed by atoms with E-state index >= 15 is 0 Å². The van der Waals surface area contributed by atoms with Gasteiger partial charge in [0.15, 0.2) is 0 Å². The number of hydrogen-bond donors (Lipinski definition) is 1. The van der Waals surface area contributed by atoms with E-state index in [1.807, 2.05) is 6.92 Å². The number of nitrogens with zero attached hydrogens (tertiary/aromatic N) is 1. The second-order valence-electron chi connectivity index (χ2n) is 7.70. The number of amides is 1. The molecule has 1 aliphatic rings. The van der Waals surface area contributed by atoms with Gasteiger partial charge in [0.1, 0.15) is 23.0 Å². The molecule has 0 bridgehead atoms. The predicted molar refractivity (Wildman–Crippen MR) is 126 cm³/mol. The third-order valence-electron chi connectivity index (χ3n) is 5.48. The molecule has 3 rings (SSSR count). The molecular formula is C25H26ClNO7. The molecule has 1 N–H and O–H groups in total. The van der Waals surface area contributed by atoms with Gasteiger partial charge in [-0.1, -0.05) is 37.1 Å². The molecule has 0 aromatic heterocycles. The number of carbonyl (C=O) groups excluding carboxylic acids is 3. The van der Waals surface area contributed by atoms with Gasteiger partial charge < -0.3 is 24.2 Å². The summed E-state index contributed by atoms with van der Waals surface area (Å²) in [5.41, 5.74) is 0.662. The maximum atomic E-state index is 13.1. The van der Waals surface area contributed by atoms with E-state index in [0.717, 1.165) is 6.42 Å². The van der Waals surface area contributed by atoms with E-state index in [1.165, 1.54) is 38.2 Å². The fraction of sp³-hybridized carbons (Fsp3) is 0.320. The highest BCUT2D eigenvalue weighted by atomic mass is 35.5. The van der Waals surface area contributed by atoms with E-state index < -0.39 is 29.5 Å². The number of likely N-dealkylation sites (tertiary alicyclic amines) is 1. The lowest BCUT2D eigenvalue weighted by Crippen LogP contribution is -2.30. The summed E-state index contributed by atoms with van der Waals surface area (Å²) >= 11 is 6.18. The van der Waals surface area contributed by atoms with Crippen molar-refractivity contribution in [2.24, 2.45) is 0 Å². The number of aliphatic hydroxyl groups is 1. The Morgan fingerprint density at radius 1 is 1.09 bits per heavy atom. The van der Waals surface area contributed by atoms with Gasteiger partial charge in [-0.2, -0.15) is 0 Å². The van der Waals surface area contributed by atoms with Gasteiger partial charge in [-0.25, -0.2) is 0 Å². The van der Waals surface area contributed by atoms with E-state index in [4.69, 9.17) is 25.8 Å². The van der Waals surface area contributed by atoms with Gasteiger partial charge in [0.25, 0.3) is 11.7 Å². The Morgan fingerprint density at radius 2 is 1.74 bits per heavy atom. The van der Waals surface area contributed by atoms with Crippen LogP contribution in [-0.2, 0) is 14.4 Å². The molecule has 0 aliphatic carbocycles. The smallest absolute Gasteiger partial charge is 0.308 e. The maximum Gasteiger partial charge on any atom is 0.308 e. The van der Waals surface area contributed by atoms with Crippen LogP contribution in [0.25, 0.3) is 5.76 Å². The summed E-state index contributed by atoms with van der Waals surface area (Å²) in [6, 6.07) is 8.53. The average molecular weight is 488 g/mol. The Kier molecular flexibility index (Phi) is 7.83. The van der Waals surface area contributed by atoms with Crippen LogP contribution in [-0.4, -0.2) is 48.4 Å². The third-order valence-corrected chi connectivity index (χ3v) is 5.77. The highest BCUT2D eigenvalue weighted by molar-refractivity contribution is 6.46. The molecular weight excluding hydrogens is 462 g/mol. The van der Waals surface area contributed by atoms with E-state index in [0.29, 0.717) is 24.3 Å². The van der Waals surface area contributed by atoms with Crippen LogP contribution < -0.4 is 14.2 Å². The number of Topliss-reactive ketones (excluding diaryl/α,β-unsaturated/α-hetero) is 1. The highest BCUT2D eigenvalue weighted by Crippen LogP contribution is 2.43. The molecule has 34 heavy (non-hydrogen) atoms. The Hall–Kier alpha value is -3.52. The number of esters is 1. The van der Waals surface area contributed by atoms with Crippen molar-refractivity contribution >= 4 is 35.0 Å². The van der Waals surface area contributed by atoms with Crippen molar-refractivity contribution < 1.29 is 33.7 Å². The van der Waals surface area contributed by atoms with Gasteiger partial charge in [-0.05, 0) is 30.2 Å². The Morgan fingerprint density at radius 3 is 2.29 bits per heavy atom. The van der Waals surface area contributed by atoms with Crippen LogP contribution in [0.1, 0.15) is 43.9 Å². The lowest BCUT2D eigenvalue weighted by Gasteiger charge is -2.25. The Labute approximate surface area is 202 Å². The van der Waals surface area contributed by atoms with Crippen LogP contribution in [0, 0.1) is 0 Å². The molecule has 1 atom stereocenters. The summed E-state index contributed by atoms with van der Waals surface area (Å²) in [6.07, 6.45) is 1.48. The van der Waals surface area contributed by atoms with Crippen molar-refractivity contribution in [2.45, 2.75) is 32.7 Å². The minimum Gasteiger partial charge on any atom is -0.507 e. The van der Waals surface area contributed by atoms with E-state index in [9.17, 15) is 19.5 Å². The first kappa shape index (κ1) is 25.1. The molecule has 0 radical (unpaired) electrons. The van der Waals surface area contributed by atoms with Crippen LogP contribution in [0.5, 0.6) is 17.2 Å². The minimum atomic E-state index is -0.843. The molecule has 2 aromatic carbocycles. The summed E-state index contributed by atoms with van der Waals surface area (Å²) in [4.78, 5) is 38.8. The average Bonchev–Trinajstić information content (AvgIpc) is 3.07. The zero-order chi connectivity index (χ0) is 25.0. The quantitative estimate of drug-likeness (QED) is 0.192. The van der Waals surface area contributed by atoms with Gasteiger partial charge in [0, 0.05) is 19.5 Å². The fourth-order valence-corrected chi connectivity index (χ4v) is 4.09. The monoisotopic (exact) mass is 487 g/mol. The molecule has 2 aromatic rings. The SMILES string of the molecule is CCCCN1C(=O)C(=O)/C(=C(/O)c2cc(OC)c(Cl)cc2OC)C1c1ccc(OC(C)=O)cc1. The van der Waals surface area contributed by atoms with E-state index in [-0.39, 0.29) is 27.7 Å². The summed E-state index contributed by atoms with van der Waals surface area (Å²) < 4.78 is 15.7. The number of methoxy groups -OCH3 is 2. The number of rotatable bonds is 8. The molecule has 1 aliphatic heterocycles. The van der Waals surface area contributed by atoms with Crippen molar-refractivity contribution in [3.8, 4) is 17.2 Å². The Bertz CT molecular complexity index is 1140. The van der Waals surface area contributed by atoms with Crippen LogP contribution >= 0.6 is 11.6 Å². The van der Waals surface area contributed by atoms with Crippen LogP contribution in [0.2, 0.25) is 5.02 Å². The van der Waals surface area contributed by atoms with Gasteiger partial charge in [0.05, 0.1) is 36.4 Å². The first-order chi connectivity index (χ1) is 16.2. The van der Waals surface area contributed by atoms with Crippen molar-refractivity contribution in [2.75, 3.05) is 20.8 Å². The number of aliphatic hydroxyl groups excluding tert-OH is 1. The molecule has 1 saturated heterocycles. The zero-order valence-corrected chi connectivity index (χ0v) is 20.1. The number of ketones is 1. The molecule has 0 saturated carbocycles. The number of carbonyl (C=O) groups is 3. The Balaban J connectivity index is 2.20. The van der Waals surface area contributed by atoms with Crippen molar-refractivity contribution in [1.29, 1.82) is 0 Å². The normalized spacial score (nSPS) is 17.1. The van der Waals surface area contributed by atoms with E-state index in [1.54, 1.807) is 24.3 Å². The minimum absolute atomic E-state index is 0.0796. The number of ether oxygens (including phenoxy) is 3. The number of hydrogen-bond acceptors (Lipinski definition) is 7. The first-order valence-electron chi connectivity index (χ1n) is 10.7. The maximum absolute atomic E-state index is 13.1. The van der Waals surface area contributed by atoms with Gasteiger partial charge in [-0.15, -0.1) is 0 Å². The lowest BCUT2D eigenvalue weighted by atomic mass is 9.94. The highest BCUT2D eigenvalue weighted by Gasteiger charge is 2.46. The first-order valence-corrected chi connectivity index (χ1v) is 11.1. The largest absolute Gasteiger partial charge is 0.507 e. The van der Waals surface area contributed by atoms with Crippen LogP contribution in [0.4, 0.5) is 0 Å². The zero-order valence-electron chi connectivity index (χ0n) is 19.4. The van der Waals surface area contributed by atoms with Crippen molar-refractivity contribution in [1.82, 2.24) is 4.90 Å². The molecule has 1 heterocycles. The van der Waals surface area contributed by atoms with Crippen LogP contribution in [0.3, 0.4) is 0 Å². The van der Waals surface area contributed by atoms with Crippen molar-refractivity contribution in [3.05, 3.63) is 58.1 Å². The number of halogens is 1. The van der Waals surface area contributed by atoms with Gasteiger partial charge >= 0.3 is 5.97 Å². The molecule has 8 nitrogen and oxygen atoms in total. The molecule has 9 heteroatoms. The standard InChI is InChI=1S/C25H26ClNO7/c1-5-6-11-27-22(15-7-9-16(10-8-15)34-14(2)28)21(24(30)25(27)31)23(29)17-12-20(33-4)18(26)13-19(17)32-3/h7-10,12-13,22,29H,5-6,11H2,1-4H3/b23-21+. The molecule has 180 valence electrons. The van der Waals surface area contributed by atoms with Gasteiger partial charge in [0.2, 0.25) is 0 Å². The predicted octanol–water partition coefficient (Wildman–Crippen LogP) is 4.50. The second kappa shape index (κ2) is 10.6. The summed E-state index contributed by atoms with van der Waals surface area (Å²) in [7, 11) is 2.83.